The van der Waals surface area contributed by atoms with Gasteiger partial charge in [-0.05, 0) is 54.9 Å². The van der Waals surface area contributed by atoms with Crippen LogP contribution in [0.25, 0.3) is 0 Å². The fraction of sp³-hybridized carbons (Fsp3) is 0.389. The number of Topliss-reactive ketones (excluding diaryl/α,β-unsaturated/α-hetero) is 1. The second-order valence-corrected chi connectivity index (χ2v) is 7.29. The van der Waals surface area contributed by atoms with Crippen molar-refractivity contribution in [3.8, 4) is 0 Å². The maximum atomic E-state index is 11.3. The predicted molar refractivity (Wildman–Crippen MR) is 101 cm³/mol. The first-order chi connectivity index (χ1) is 11.3. The molecule has 0 saturated heterocycles. The van der Waals surface area contributed by atoms with Crippen LogP contribution < -0.4 is 10.6 Å². The van der Waals surface area contributed by atoms with Crippen molar-refractivity contribution in [3.63, 3.8) is 0 Å². The van der Waals surface area contributed by atoms with Crippen molar-refractivity contribution in [1.29, 1.82) is 0 Å². The van der Waals surface area contributed by atoms with Crippen LogP contribution in [0.4, 0.5) is 5.69 Å². The summed E-state index contributed by atoms with van der Waals surface area (Å²) in [5, 5.41) is 11.4. The summed E-state index contributed by atoms with van der Waals surface area (Å²) in [6, 6.07) is 9.31. The maximum Gasteiger partial charge on any atom is 0.171 e. The Morgan fingerprint density at radius 3 is 2.46 bits per heavy atom. The number of anilines is 1. The highest BCUT2D eigenvalue weighted by Crippen LogP contribution is 2.21. The number of carbonyl (C=O) groups excluding carboxylic acids is 1. The lowest BCUT2D eigenvalue weighted by Gasteiger charge is -2.32. The molecule has 6 heteroatoms. The molecular formula is C18H24N4OS. The van der Waals surface area contributed by atoms with Gasteiger partial charge in [0.15, 0.2) is 10.9 Å². The second kappa shape index (κ2) is 7.57. The number of rotatable bonds is 5. The monoisotopic (exact) mass is 344 g/mol. The van der Waals surface area contributed by atoms with Gasteiger partial charge in [0.25, 0.3) is 0 Å². The minimum atomic E-state index is 0.0101. The largest absolute Gasteiger partial charge is 0.357 e. The molecule has 0 bridgehead atoms. The zero-order valence-corrected chi connectivity index (χ0v) is 15.4. The van der Waals surface area contributed by atoms with Crippen molar-refractivity contribution in [3.05, 3.63) is 48.3 Å². The van der Waals surface area contributed by atoms with Crippen molar-refractivity contribution >= 4 is 28.8 Å². The molecule has 0 radical (unpaired) electrons. The first-order valence-electron chi connectivity index (χ1n) is 7.91. The molecule has 2 N–H and O–H groups in total. The minimum absolute atomic E-state index is 0.0101. The predicted octanol–water partition coefficient (Wildman–Crippen LogP) is 3.49. The van der Waals surface area contributed by atoms with Gasteiger partial charge in [0, 0.05) is 23.6 Å². The summed E-state index contributed by atoms with van der Waals surface area (Å²) in [5.74, 6) is 0.0503. The molecule has 24 heavy (non-hydrogen) atoms. The highest BCUT2D eigenvalue weighted by Gasteiger charge is 2.26. The van der Waals surface area contributed by atoms with Gasteiger partial charge in [0.2, 0.25) is 0 Å². The molecule has 0 spiro atoms. The summed E-state index contributed by atoms with van der Waals surface area (Å²) in [6.45, 7) is 8.77. The van der Waals surface area contributed by atoms with Gasteiger partial charge < -0.3 is 10.6 Å². The Labute approximate surface area is 148 Å². The van der Waals surface area contributed by atoms with Crippen molar-refractivity contribution in [2.24, 2.45) is 5.41 Å². The van der Waals surface area contributed by atoms with Gasteiger partial charge in [0.1, 0.15) is 0 Å². The van der Waals surface area contributed by atoms with Crippen LogP contribution in [-0.2, 0) is 6.54 Å². The van der Waals surface area contributed by atoms with E-state index in [0.29, 0.717) is 10.7 Å². The molecule has 128 valence electrons. The number of ketones is 1. The quantitative estimate of drug-likeness (QED) is 0.642. The number of nitrogens with zero attached hydrogens (tertiary/aromatic N) is 2. The first-order valence-corrected chi connectivity index (χ1v) is 8.32. The number of benzene rings is 1. The van der Waals surface area contributed by atoms with E-state index in [4.69, 9.17) is 12.2 Å². The van der Waals surface area contributed by atoms with Crippen molar-refractivity contribution < 1.29 is 4.79 Å². The number of thiocarbonyl (C=S) groups is 1. The maximum absolute atomic E-state index is 11.3. The summed E-state index contributed by atoms with van der Waals surface area (Å²) < 4.78 is 1.90. The zero-order valence-electron chi connectivity index (χ0n) is 14.5. The van der Waals surface area contributed by atoms with Crippen LogP contribution in [0.2, 0.25) is 0 Å². The molecule has 5 nitrogen and oxygen atoms in total. The normalized spacial score (nSPS) is 12.5. The Kier molecular flexibility index (Phi) is 5.72. The summed E-state index contributed by atoms with van der Waals surface area (Å²) in [6.07, 6.45) is 3.71. The lowest BCUT2D eigenvalue weighted by atomic mass is 9.87. The van der Waals surface area contributed by atoms with Crippen molar-refractivity contribution in [2.75, 3.05) is 5.32 Å². The summed E-state index contributed by atoms with van der Waals surface area (Å²) in [4.78, 5) is 11.3. The average molecular weight is 344 g/mol. The molecule has 0 aliphatic rings. The molecule has 1 aromatic heterocycles. The van der Waals surface area contributed by atoms with E-state index in [0.717, 1.165) is 12.2 Å². The van der Waals surface area contributed by atoms with Crippen LogP contribution >= 0.6 is 12.2 Å². The molecule has 0 aliphatic carbocycles. The third kappa shape index (κ3) is 5.16. The Hall–Kier alpha value is -2.21. The van der Waals surface area contributed by atoms with Crippen LogP contribution in [0.1, 0.15) is 38.1 Å². The molecule has 1 unspecified atom stereocenters. The highest BCUT2D eigenvalue weighted by atomic mass is 32.1. The lowest BCUT2D eigenvalue weighted by molar-refractivity contribution is 0.101. The molecule has 2 rings (SSSR count). The van der Waals surface area contributed by atoms with E-state index in [-0.39, 0.29) is 17.2 Å². The van der Waals surface area contributed by atoms with Crippen LogP contribution in [0.5, 0.6) is 0 Å². The molecule has 1 heterocycles. The van der Waals surface area contributed by atoms with E-state index in [1.54, 1.807) is 25.3 Å². The molecule has 0 saturated carbocycles. The van der Waals surface area contributed by atoms with E-state index in [1.165, 1.54) is 0 Å². The molecule has 1 atom stereocenters. The van der Waals surface area contributed by atoms with Gasteiger partial charge in [-0.2, -0.15) is 5.10 Å². The molecule has 0 fully saturated rings. The first kappa shape index (κ1) is 18.1. The van der Waals surface area contributed by atoms with Gasteiger partial charge >= 0.3 is 0 Å². The number of carbonyl (C=O) groups is 1. The third-order valence-electron chi connectivity index (χ3n) is 3.83. The molecule has 0 aliphatic heterocycles. The Balaban J connectivity index is 2.00. The summed E-state index contributed by atoms with van der Waals surface area (Å²) in [7, 11) is 0. The smallest absolute Gasteiger partial charge is 0.171 e. The zero-order chi connectivity index (χ0) is 17.7. The number of aromatic nitrogens is 2. The Bertz CT molecular complexity index is 687. The van der Waals surface area contributed by atoms with Crippen molar-refractivity contribution in [2.45, 2.75) is 40.3 Å². The van der Waals surface area contributed by atoms with Gasteiger partial charge in [-0.3, -0.25) is 9.48 Å². The van der Waals surface area contributed by atoms with Crippen LogP contribution in [0.15, 0.2) is 42.7 Å². The van der Waals surface area contributed by atoms with E-state index >= 15 is 0 Å². The standard InChI is InChI=1S/C18H24N4OS/c1-13(23)14-6-8-15(9-7-14)20-17(24)21-16(18(2,3)4)12-22-11-5-10-19-22/h5-11,16H,12H2,1-4H3,(H2,20,21,24). The average Bonchev–Trinajstić information content (AvgIpc) is 2.99. The lowest BCUT2D eigenvalue weighted by Crippen LogP contribution is -2.48. The fourth-order valence-electron chi connectivity index (χ4n) is 2.25. The molecule has 2 aromatic rings. The minimum Gasteiger partial charge on any atom is -0.357 e. The molecular weight excluding hydrogens is 320 g/mol. The van der Waals surface area contributed by atoms with Crippen LogP contribution in [0.3, 0.4) is 0 Å². The van der Waals surface area contributed by atoms with E-state index < -0.39 is 0 Å². The number of hydrogen-bond acceptors (Lipinski definition) is 3. The summed E-state index contributed by atoms with van der Waals surface area (Å²) in [5.41, 5.74) is 1.55. The number of hydrogen-bond donors (Lipinski definition) is 2. The highest BCUT2D eigenvalue weighted by molar-refractivity contribution is 7.80. The van der Waals surface area contributed by atoms with Crippen LogP contribution in [-0.4, -0.2) is 26.7 Å². The number of nitrogens with one attached hydrogen (secondary N) is 2. The molecule has 0 amide bonds. The van der Waals surface area contributed by atoms with Gasteiger partial charge in [-0.1, -0.05) is 20.8 Å². The fourth-order valence-corrected chi connectivity index (χ4v) is 2.51. The Morgan fingerprint density at radius 2 is 1.96 bits per heavy atom. The SMILES string of the molecule is CC(=O)c1ccc(NC(=S)NC(Cn2cccn2)C(C)(C)C)cc1. The van der Waals surface area contributed by atoms with Gasteiger partial charge in [-0.25, -0.2) is 0 Å². The van der Waals surface area contributed by atoms with Crippen LogP contribution in [0, 0.1) is 5.41 Å². The van der Waals surface area contributed by atoms with Gasteiger partial charge in [0.05, 0.1) is 12.6 Å². The second-order valence-electron chi connectivity index (χ2n) is 6.88. The van der Waals surface area contributed by atoms with Gasteiger partial charge in [-0.15, -0.1) is 0 Å². The molecule has 1 aromatic carbocycles. The third-order valence-corrected chi connectivity index (χ3v) is 4.05. The summed E-state index contributed by atoms with van der Waals surface area (Å²) >= 11 is 5.44. The van der Waals surface area contributed by atoms with E-state index in [2.05, 4.69) is 36.5 Å². The van der Waals surface area contributed by atoms with E-state index in [1.807, 2.05) is 29.1 Å². The Morgan fingerprint density at radius 1 is 1.29 bits per heavy atom. The van der Waals surface area contributed by atoms with Crippen molar-refractivity contribution in [1.82, 2.24) is 15.1 Å². The topological polar surface area (TPSA) is 59.0 Å². The van der Waals surface area contributed by atoms with E-state index in [9.17, 15) is 4.79 Å².